The summed E-state index contributed by atoms with van der Waals surface area (Å²) in [6.07, 6.45) is 0.956. The summed E-state index contributed by atoms with van der Waals surface area (Å²) in [6, 6.07) is -1.28. The first-order valence-electron chi connectivity index (χ1n) is 3.54. The molecule has 1 unspecified atom stereocenters. The van der Waals surface area contributed by atoms with Gasteiger partial charge >= 0.3 is 5.97 Å². The monoisotopic (exact) mass is 185 g/mol. The average molecular weight is 185 g/mol. The zero-order chi connectivity index (χ0) is 10.4. The number of carbonyl (C=O) groups is 3. The van der Waals surface area contributed by atoms with E-state index in [1.54, 1.807) is 0 Å². The summed E-state index contributed by atoms with van der Waals surface area (Å²) in [7, 11) is 1.13. The highest BCUT2D eigenvalue weighted by Crippen LogP contribution is 1.91. The number of hydrogen-bond donors (Lipinski definition) is 1. The highest BCUT2D eigenvalue weighted by atomic mass is 16.5. The van der Waals surface area contributed by atoms with E-state index in [1.165, 1.54) is 6.92 Å². The predicted molar refractivity (Wildman–Crippen MR) is 44.8 cm³/mol. The van der Waals surface area contributed by atoms with Gasteiger partial charge in [0.25, 0.3) is 0 Å². The van der Waals surface area contributed by atoms with Crippen molar-refractivity contribution in [2.45, 2.75) is 13.0 Å². The Hall–Kier alpha value is -1.65. The Morgan fingerprint density at radius 2 is 2.00 bits per heavy atom. The second kappa shape index (κ2) is 5.08. The zero-order valence-electron chi connectivity index (χ0n) is 7.49. The molecule has 0 rings (SSSR count). The third-order valence-corrected chi connectivity index (χ3v) is 1.27. The number of hydrogen-bond acceptors (Lipinski definition) is 4. The summed E-state index contributed by atoms with van der Waals surface area (Å²) in [5, 5.41) is 2.15. The standard InChI is InChI=1S/C8H11NO4/c1-4-6(11)7(8(12)13-3)9-5(2)10/h4,7H,1H2,2-3H3,(H,9,10). The van der Waals surface area contributed by atoms with E-state index in [-0.39, 0.29) is 0 Å². The van der Waals surface area contributed by atoms with E-state index < -0.39 is 23.7 Å². The van der Waals surface area contributed by atoms with Crippen LogP contribution in [0.2, 0.25) is 0 Å². The van der Waals surface area contributed by atoms with Crippen LogP contribution in [0.15, 0.2) is 12.7 Å². The van der Waals surface area contributed by atoms with Gasteiger partial charge in [-0.1, -0.05) is 6.58 Å². The molecule has 0 heterocycles. The van der Waals surface area contributed by atoms with Gasteiger partial charge < -0.3 is 10.1 Å². The van der Waals surface area contributed by atoms with E-state index >= 15 is 0 Å². The molecule has 0 fully saturated rings. The minimum absolute atomic E-state index is 0.481. The Balaban J connectivity index is 4.54. The lowest BCUT2D eigenvalue weighted by Crippen LogP contribution is -2.45. The van der Waals surface area contributed by atoms with Crippen LogP contribution in [0, 0.1) is 0 Å². The van der Waals surface area contributed by atoms with E-state index in [0.717, 1.165) is 13.2 Å². The number of esters is 1. The maximum atomic E-state index is 11.0. The van der Waals surface area contributed by atoms with Crippen LogP contribution in [0.1, 0.15) is 6.92 Å². The quantitative estimate of drug-likeness (QED) is 0.361. The Bertz CT molecular complexity index is 247. The van der Waals surface area contributed by atoms with Gasteiger partial charge in [-0.3, -0.25) is 9.59 Å². The Morgan fingerprint density at radius 1 is 1.46 bits per heavy atom. The van der Waals surface area contributed by atoms with E-state index in [9.17, 15) is 14.4 Å². The number of amides is 1. The number of ether oxygens (including phenoxy) is 1. The molecule has 0 aromatic heterocycles. The first kappa shape index (κ1) is 11.4. The normalized spacial score (nSPS) is 11.2. The third kappa shape index (κ3) is 3.50. The van der Waals surface area contributed by atoms with Crippen molar-refractivity contribution < 1.29 is 19.1 Å². The molecule has 5 nitrogen and oxygen atoms in total. The molecule has 1 N–H and O–H groups in total. The molecular weight excluding hydrogens is 174 g/mol. The second-order valence-corrected chi connectivity index (χ2v) is 2.26. The summed E-state index contributed by atoms with van der Waals surface area (Å²) in [5.74, 6) is -1.88. The fraction of sp³-hybridized carbons (Fsp3) is 0.375. The van der Waals surface area contributed by atoms with Gasteiger partial charge in [0.15, 0.2) is 11.8 Å². The van der Waals surface area contributed by atoms with Crippen LogP contribution in [0.3, 0.4) is 0 Å². The number of ketones is 1. The Labute approximate surface area is 75.8 Å². The van der Waals surface area contributed by atoms with Crippen molar-refractivity contribution in [1.82, 2.24) is 5.32 Å². The molecule has 0 saturated heterocycles. The Morgan fingerprint density at radius 3 is 2.31 bits per heavy atom. The number of carbonyl (C=O) groups excluding carboxylic acids is 3. The van der Waals surface area contributed by atoms with Crippen LogP contribution in [0.5, 0.6) is 0 Å². The molecular formula is C8H11NO4. The predicted octanol–water partition coefficient (Wildman–Crippen LogP) is -0.581. The van der Waals surface area contributed by atoms with Crippen LogP contribution in [-0.4, -0.2) is 30.8 Å². The minimum atomic E-state index is -1.28. The number of nitrogens with one attached hydrogen (secondary N) is 1. The van der Waals surface area contributed by atoms with Crippen molar-refractivity contribution in [3.05, 3.63) is 12.7 Å². The summed E-state index contributed by atoms with van der Waals surface area (Å²) < 4.78 is 4.31. The molecule has 0 aromatic rings. The molecule has 0 aliphatic rings. The van der Waals surface area contributed by atoms with Crippen LogP contribution in [0.25, 0.3) is 0 Å². The van der Waals surface area contributed by atoms with Crippen LogP contribution in [-0.2, 0) is 19.1 Å². The maximum Gasteiger partial charge on any atom is 0.336 e. The highest BCUT2D eigenvalue weighted by molar-refractivity contribution is 6.10. The summed E-state index contributed by atoms with van der Waals surface area (Å²) in [5.41, 5.74) is 0. The van der Waals surface area contributed by atoms with Gasteiger partial charge in [-0.25, -0.2) is 4.79 Å². The number of methoxy groups -OCH3 is 1. The van der Waals surface area contributed by atoms with Gasteiger partial charge in [0.05, 0.1) is 7.11 Å². The molecule has 0 radical (unpaired) electrons. The van der Waals surface area contributed by atoms with Gasteiger partial charge in [0.1, 0.15) is 0 Å². The molecule has 0 aliphatic heterocycles. The molecule has 1 atom stereocenters. The van der Waals surface area contributed by atoms with Crippen molar-refractivity contribution in [2.24, 2.45) is 0 Å². The lowest BCUT2D eigenvalue weighted by Gasteiger charge is -2.11. The first-order valence-corrected chi connectivity index (χ1v) is 3.54. The lowest BCUT2D eigenvalue weighted by molar-refractivity contribution is -0.147. The molecule has 5 heteroatoms. The van der Waals surface area contributed by atoms with Crippen molar-refractivity contribution in [1.29, 1.82) is 0 Å². The lowest BCUT2D eigenvalue weighted by atomic mass is 10.2. The Kier molecular flexibility index (Phi) is 4.43. The molecule has 0 spiro atoms. The molecule has 0 bridgehead atoms. The van der Waals surface area contributed by atoms with E-state index in [4.69, 9.17) is 0 Å². The SMILES string of the molecule is C=CC(=O)C(NC(C)=O)C(=O)OC. The minimum Gasteiger partial charge on any atom is -0.467 e. The summed E-state index contributed by atoms with van der Waals surface area (Å²) in [4.78, 5) is 32.5. The zero-order valence-corrected chi connectivity index (χ0v) is 7.49. The van der Waals surface area contributed by atoms with Gasteiger partial charge in [0, 0.05) is 6.92 Å². The van der Waals surface area contributed by atoms with E-state index in [0.29, 0.717) is 0 Å². The van der Waals surface area contributed by atoms with E-state index in [2.05, 4.69) is 16.6 Å². The topological polar surface area (TPSA) is 72.5 Å². The summed E-state index contributed by atoms with van der Waals surface area (Å²) in [6.45, 7) is 4.40. The van der Waals surface area contributed by atoms with Crippen LogP contribution < -0.4 is 5.32 Å². The molecule has 0 saturated carbocycles. The number of rotatable bonds is 4. The van der Waals surface area contributed by atoms with Gasteiger partial charge in [-0.2, -0.15) is 0 Å². The smallest absolute Gasteiger partial charge is 0.336 e. The van der Waals surface area contributed by atoms with Crippen molar-refractivity contribution in [2.75, 3.05) is 7.11 Å². The largest absolute Gasteiger partial charge is 0.467 e. The molecule has 72 valence electrons. The maximum absolute atomic E-state index is 11.0. The fourth-order valence-electron chi connectivity index (χ4n) is 0.685. The third-order valence-electron chi connectivity index (χ3n) is 1.27. The van der Waals surface area contributed by atoms with Crippen LogP contribution in [0.4, 0.5) is 0 Å². The van der Waals surface area contributed by atoms with Gasteiger partial charge in [-0.05, 0) is 6.08 Å². The fourth-order valence-corrected chi connectivity index (χ4v) is 0.685. The molecule has 13 heavy (non-hydrogen) atoms. The second-order valence-electron chi connectivity index (χ2n) is 2.26. The molecule has 0 aliphatic carbocycles. The summed E-state index contributed by atoms with van der Waals surface area (Å²) >= 11 is 0. The molecule has 0 aromatic carbocycles. The van der Waals surface area contributed by atoms with E-state index in [1.807, 2.05) is 0 Å². The van der Waals surface area contributed by atoms with Crippen molar-refractivity contribution >= 4 is 17.7 Å². The molecule has 1 amide bonds. The van der Waals surface area contributed by atoms with Gasteiger partial charge in [-0.15, -0.1) is 0 Å². The highest BCUT2D eigenvalue weighted by Gasteiger charge is 2.25. The van der Waals surface area contributed by atoms with Crippen molar-refractivity contribution in [3.63, 3.8) is 0 Å². The van der Waals surface area contributed by atoms with Crippen LogP contribution >= 0.6 is 0 Å². The van der Waals surface area contributed by atoms with Crippen molar-refractivity contribution in [3.8, 4) is 0 Å². The average Bonchev–Trinajstić information content (AvgIpc) is 2.11. The van der Waals surface area contributed by atoms with Gasteiger partial charge in [0.2, 0.25) is 5.91 Å². The first-order chi connectivity index (χ1) is 6.02.